The second-order valence-electron chi connectivity index (χ2n) is 2.37. The fourth-order valence-corrected chi connectivity index (χ4v) is 0.550. The molecule has 1 atom stereocenters. The smallest absolute Gasteiger partial charge is 0.322 e. The van der Waals surface area contributed by atoms with Gasteiger partial charge >= 0.3 is 5.97 Å². The summed E-state index contributed by atoms with van der Waals surface area (Å²) in [5, 5.41) is 10.0. The fourth-order valence-electron chi connectivity index (χ4n) is 0.550. The highest BCUT2D eigenvalue weighted by molar-refractivity contribution is 5.81. The minimum atomic E-state index is -2.78. The summed E-state index contributed by atoms with van der Waals surface area (Å²) in [6.45, 7) is -0.589. The van der Waals surface area contributed by atoms with Gasteiger partial charge in [0.2, 0.25) is 5.91 Å². The molecule has 76 valence electrons. The normalized spacial score (nSPS) is 12.6. The molecule has 0 saturated carbocycles. The number of nitrogens with two attached hydrogens (primary N) is 1. The first-order valence-corrected chi connectivity index (χ1v) is 3.45. The average molecular weight is 196 g/mol. The summed E-state index contributed by atoms with van der Waals surface area (Å²) < 4.78 is 23.5. The van der Waals surface area contributed by atoms with E-state index in [2.05, 4.69) is 0 Å². The molecule has 0 aliphatic rings. The van der Waals surface area contributed by atoms with E-state index in [1.165, 1.54) is 0 Å². The van der Waals surface area contributed by atoms with Crippen molar-refractivity contribution < 1.29 is 23.5 Å². The van der Waals surface area contributed by atoms with Gasteiger partial charge in [0.05, 0.1) is 6.04 Å². The standard InChI is InChI=1S/C6H10F2N2O3/c7-6(8)3(9)1-4(11)10-2-5(12)13/h3,6H,1-2,9H2,(H,10,11)(H,12,13). The summed E-state index contributed by atoms with van der Waals surface area (Å²) in [4.78, 5) is 20.6. The molecule has 0 saturated heterocycles. The number of halogens is 2. The van der Waals surface area contributed by atoms with Crippen molar-refractivity contribution in [2.24, 2.45) is 5.73 Å². The van der Waals surface area contributed by atoms with Gasteiger partial charge in [-0.15, -0.1) is 0 Å². The Morgan fingerprint density at radius 2 is 2.00 bits per heavy atom. The van der Waals surface area contributed by atoms with Crippen molar-refractivity contribution in [2.45, 2.75) is 18.9 Å². The number of alkyl halides is 2. The second kappa shape index (κ2) is 5.41. The highest BCUT2D eigenvalue weighted by Crippen LogP contribution is 2.01. The lowest BCUT2D eigenvalue weighted by Gasteiger charge is -2.08. The van der Waals surface area contributed by atoms with Gasteiger partial charge in [0.1, 0.15) is 6.54 Å². The quantitative estimate of drug-likeness (QED) is 0.535. The van der Waals surface area contributed by atoms with Crippen LogP contribution >= 0.6 is 0 Å². The molecule has 0 aliphatic carbocycles. The molecule has 5 nitrogen and oxygen atoms in total. The Kier molecular flexibility index (Phi) is 4.90. The number of aliphatic carboxylic acids is 1. The predicted molar refractivity (Wildman–Crippen MR) is 39.2 cm³/mol. The van der Waals surface area contributed by atoms with Gasteiger partial charge in [-0.1, -0.05) is 0 Å². The number of rotatable bonds is 5. The van der Waals surface area contributed by atoms with Crippen molar-refractivity contribution in [1.82, 2.24) is 5.32 Å². The number of carboxylic acid groups (broad SMARTS) is 1. The zero-order valence-electron chi connectivity index (χ0n) is 6.67. The first kappa shape index (κ1) is 11.8. The van der Waals surface area contributed by atoms with Crippen LogP contribution in [0, 0.1) is 0 Å². The molecule has 0 aromatic carbocycles. The molecule has 0 heterocycles. The monoisotopic (exact) mass is 196 g/mol. The number of amides is 1. The molecule has 1 amide bonds. The van der Waals surface area contributed by atoms with E-state index < -0.39 is 37.3 Å². The van der Waals surface area contributed by atoms with Crippen LogP contribution in [0.4, 0.5) is 8.78 Å². The highest BCUT2D eigenvalue weighted by atomic mass is 19.3. The van der Waals surface area contributed by atoms with E-state index in [0.29, 0.717) is 0 Å². The summed E-state index contributed by atoms with van der Waals surface area (Å²) in [5.74, 6) is -2.03. The van der Waals surface area contributed by atoms with E-state index in [1.54, 1.807) is 0 Å². The van der Waals surface area contributed by atoms with Crippen molar-refractivity contribution >= 4 is 11.9 Å². The molecule has 0 radical (unpaired) electrons. The number of carboxylic acids is 1. The molecule has 0 fully saturated rings. The lowest BCUT2D eigenvalue weighted by Crippen LogP contribution is -2.37. The number of carbonyl (C=O) groups excluding carboxylic acids is 1. The average Bonchev–Trinajstić information content (AvgIpc) is 2.00. The molecular formula is C6H10F2N2O3. The lowest BCUT2D eigenvalue weighted by molar-refractivity contribution is -0.138. The van der Waals surface area contributed by atoms with Crippen molar-refractivity contribution in [3.8, 4) is 0 Å². The first-order valence-electron chi connectivity index (χ1n) is 3.45. The third-order valence-corrected chi connectivity index (χ3v) is 1.18. The van der Waals surface area contributed by atoms with Crippen LogP contribution in [0.25, 0.3) is 0 Å². The van der Waals surface area contributed by atoms with E-state index in [4.69, 9.17) is 10.8 Å². The van der Waals surface area contributed by atoms with Gasteiger partial charge in [-0.2, -0.15) is 0 Å². The number of hydrogen-bond donors (Lipinski definition) is 3. The van der Waals surface area contributed by atoms with Gasteiger partial charge in [0.25, 0.3) is 6.43 Å². The van der Waals surface area contributed by atoms with Crippen molar-refractivity contribution in [3.05, 3.63) is 0 Å². The molecular weight excluding hydrogens is 186 g/mol. The molecule has 0 bridgehead atoms. The SMILES string of the molecule is NC(CC(=O)NCC(=O)O)C(F)F. The Bertz CT molecular complexity index is 198. The van der Waals surface area contributed by atoms with E-state index in [0.717, 1.165) is 0 Å². The molecule has 7 heteroatoms. The Morgan fingerprint density at radius 3 is 2.38 bits per heavy atom. The Labute approximate surface area is 72.9 Å². The molecule has 4 N–H and O–H groups in total. The zero-order valence-corrected chi connectivity index (χ0v) is 6.67. The van der Waals surface area contributed by atoms with Gasteiger partial charge in [-0.05, 0) is 0 Å². The molecule has 0 aromatic rings. The van der Waals surface area contributed by atoms with Crippen molar-refractivity contribution in [1.29, 1.82) is 0 Å². The molecule has 0 aromatic heterocycles. The minimum Gasteiger partial charge on any atom is -0.480 e. The van der Waals surface area contributed by atoms with E-state index in [1.807, 2.05) is 5.32 Å². The van der Waals surface area contributed by atoms with Gasteiger partial charge in [-0.25, -0.2) is 8.78 Å². The Balaban J connectivity index is 3.68. The fraction of sp³-hybridized carbons (Fsp3) is 0.667. The van der Waals surface area contributed by atoms with Crippen LogP contribution in [-0.2, 0) is 9.59 Å². The number of hydrogen-bond acceptors (Lipinski definition) is 3. The third kappa shape index (κ3) is 5.97. The Hall–Kier alpha value is -1.24. The van der Waals surface area contributed by atoms with Crippen LogP contribution in [0.3, 0.4) is 0 Å². The second-order valence-corrected chi connectivity index (χ2v) is 2.37. The maximum atomic E-state index is 11.8. The lowest BCUT2D eigenvalue weighted by atomic mass is 10.2. The van der Waals surface area contributed by atoms with Crippen molar-refractivity contribution in [2.75, 3.05) is 6.54 Å². The summed E-state index contributed by atoms with van der Waals surface area (Å²) >= 11 is 0. The van der Waals surface area contributed by atoms with Crippen molar-refractivity contribution in [3.63, 3.8) is 0 Å². The zero-order chi connectivity index (χ0) is 10.4. The largest absolute Gasteiger partial charge is 0.480 e. The maximum Gasteiger partial charge on any atom is 0.322 e. The van der Waals surface area contributed by atoms with Gasteiger partial charge in [0, 0.05) is 6.42 Å². The van der Waals surface area contributed by atoms with Crippen LogP contribution in [0.1, 0.15) is 6.42 Å². The van der Waals surface area contributed by atoms with E-state index in [-0.39, 0.29) is 0 Å². The summed E-state index contributed by atoms with van der Waals surface area (Å²) in [7, 11) is 0. The molecule has 0 rings (SSSR count). The van der Waals surface area contributed by atoms with Crippen LogP contribution in [0.5, 0.6) is 0 Å². The van der Waals surface area contributed by atoms with Crippen LogP contribution in [0.2, 0.25) is 0 Å². The summed E-state index contributed by atoms with van der Waals surface area (Å²) in [5.41, 5.74) is 4.87. The van der Waals surface area contributed by atoms with E-state index in [9.17, 15) is 18.4 Å². The molecule has 1 unspecified atom stereocenters. The molecule has 0 spiro atoms. The summed E-state index contributed by atoms with van der Waals surface area (Å²) in [6, 6.07) is -1.55. The van der Waals surface area contributed by atoms with Gasteiger partial charge < -0.3 is 16.2 Å². The van der Waals surface area contributed by atoms with Gasteiger partial charge in [0.15, 0.2) is 0 Å². The Morgan fingerprint density at radius 1 is 1.46 bits per heavy atom. The maximum absolute atomic E-state index is 11.8. The predicted octanol–water partition coefficient (Wildman–Crippen LogP) is -0.830. The number of carbonyl (C=O) groups is 2. The first-order chi connectivity index (χ1) is 5.93. The van der Waals surface area contributed by atoms with Gasteiger partial charge in [-0.3, -0.25) is 9.59 Å². The van der Waals surface area contributed by atoms with Crippen LogP contribution in [-0.4, -0.2) is 36.0 Å². The minimum absolute atomic E-state index is 0.578. The molecule has 13 heavy (non-hydrogen) atoms. The third-order valence-electron chi connectivity index (χ3n) is 1.18. The van der Waals surface area contributed by atoms with Crippen LogP contribution < -0.4 is 11.1 Å². The van der Waals surface area contributed by atoms with E-state index >= 15 is 0 Å². The van der Waals surface area contributed by atoms with Crippen LogP contribution in [0.15, 0.2) is 0 Å². The highest BCUT2D eigenvalue weighted by Gasteiger charge is 2.18. The summed E-state index contributed by atoms with van der Waals surface area (Å²) in [6.07, 6.45) is -3.36. The number of nitrogens with one attached hydrogen (secondary N) is 1. The molecule has 0 aliphatic heterocycles. The topological polar surface area (TPSA) is 92.4 Å².